The van der Waals surface area contributed by atoms with E-state index in [4.69, 9.17) is 14.9 Å². The fourth-order valence-corrected chi connectivity index (χ4v) is 5.10. The minimum Gasteiger partial charge on any atom is -0.484 e. The third-order valence-electron chi connectivity index (χ3n) is 7.89. The number of hydrogen-bond donors (Lipinski definition) is 4. The van der Waals surface area contributed by atoms with Crippen molar-refractivity contribution in [2.45, 2.75) is 98.1 Å². The lowest BCUT2D eigenvalue weighted by Crippen LogP contribution is -2.44. The van der Waals surface area contributed by atoms with Crippen molar-refractivity contribution >= 4 is 17.8 Å². The van der Waals surface area contributed by atoms with Gasteiger partial charge in [-0.15, -0.1) is 0 Å². The number of hydrogen-bond acceptors (Lipinski definition) is 5. The van der Waals surface area contributed by atoms with Crippen LogP contribution < -0.4 is 10.1 Å². The zero-order valence-electron chi connectivity index (χ0n) is 24.8. The van der Waals surface area contributed by atoms with Crippen molar-refractivity contribution in [2.75, 3.05) is 6.61 Å². The minimum absolute atomic E-state index is 0.147. The SMILES string of the molecule is CCC(CC)(c1ccc(CCC(O)C(C)(C)C)c(C)c1)c1ccc(OCC(=O)N[C@H](CC(=O)O)C(=O)O)c(C)c1. The fraction of sp³-hybridized carbons (Fsp3) is 0.531. The maximum absolute atomic E-state index is 12.2. The number of carbonyl (C=O) groups is 3. The quantitative estimate of drug-likeness (QED) is 0.253. The second kappa shape index (κ2) is 13.8. The van der Waals surface area contributed by atoms with Gasteiger partial charge in [-0.05, 0) is 78.8 Å². The average molecular weight is 556 g/mol. The molecule has 2 atom stereocenters. The summed E-state index contributed by atoms with van der Waals surface area (Å²) in [4.78, 5) is 34.3. The Morgan fingerprint density at radius 1 is 0.925 bits per heavy atom. The van der Waals surface area contributed by atoms with E-state index in [0.717, 1.165) is 30.4 Å². The van der Waals surface area contributed by atoms with Gasteiger partial charge < -0.3 is 25.4 Å². The number of aliphatic carboxylic acids is 2. The molecule has 4 N–H and O–H groups in total. The molecule has 0 aliphatic carbocycles. The lowest BCUT2D eigenvalue weighted by atomic mass is 9.69. The van der Waals surface area contributed by atoms with Gasteiger partial charge in [-0.2, -0.15) is 0 Å². The second-order valence-electron chi connectivity index (χ2n) is 11.7. The van der Waals surface area contributed by atoms with E-state index in [0.29, 0.717) is 12.2 Å². The van der Waals surface area contributed by atoms with Crippen molar-refractivity contribution < 1.29 is 34.4 Å². The maximum Gasteiger partial charge on any atom is 0.326 e. The van der Waals surface area contributed by atoms with E-state index >= 15 is 0 Å². The van der Waals surface area contributed by atoms with Crippen LogP contribution in [-0.4, -0.2) is 51.9 Å². The first-order chi connectivity index (χ1) is 18.6. The van der Waals surface area contributed by atoms with Crippen LogP contribution in [0.2, 0.25) is 0 Å². The number of aryl methyl sites for hydroxylation is 3. The topological polar surface area (TPSA) is 133 Å². The van der Waals surface area contributed by atoms with Crippen LogP contribution in [0.3, 0.4) is 0 Å². The highest BCUT2D eigenvalue weighted by Gasteiger charge is 2.32. The average Bonchev–Trinajstić information content (AvgIpc) is 2.87. The zero-order valence-corrected chi connectivity index (χ0v) is 24.8. The lowest BCUT2D eigenvalue weighted by Gasteiger charge is -2.34. The van der Waals surface area contributed by atoms with Crippen molar-refractivity contribution in [3.05, 3.63) is 64.2 Å². The van der Waals surface area contributed by atoms with Gasteiger partial charge in [0.2, 0.25) is 0 Å². The molecule has 8 nitrogen and oxygen atoms in total. The van der Waals surface area contributed by atoms with E-state index in [2.05, 4.69) is 71.1 Å². The van der Waals surface area contributed by atoms with Crippen molar-refractivity contribution in [1.82, 2.24) is 5.32 Å². The monoisotopic (exact) mass is 555 g/mol. The van der Waals surface area contributed by atoms with E-state index in [-0.39, 0.29) is 16.9 Å². The first-order valence-electron chi connectivity index (χ1n) is 13.9. The summed E-state index contributed by atoms with van der Waals surface area (Å²) in [5.74, 6) is -2.95. The summed E-state index contributed by atoms with van der Waals surface area (Å²) in [5.41, 5.74) is 5.26. The minimum atomic E-state index is -1.52. The molecule has 2 aromatic rings. The Morgan fingerprint density at radius 2 is 1.50 bits per heavy atom. The first kappa shape index (κ1) is 32.8. The number of carbonyl (C=O) groups excluding carboxylic acids is 1. The van der Waals surface area contributed by atoms with Gasteiger partial charge in [0.05, 0.1) is 12.5 Å². The molecule has 0 saturated carbocycles. The molecule has 2 rings (SSSR count). The number of rotatable bonds is 14. The summed E-state index contributed by atoms with van der Waals surface area (Å²) in [5, 5.41) is 30.6. The van der Waals surface area contributed by atoms with Gasteiger partial charge in [0, 0.05) is 5.41 Å². The van der Waals surface area contributed by atoms with Gasteiger partial charge in [0.25, 0.3) is 5.91 Å². The predicted octanol–water partition coefficient (Wildman–Crippen LogP) is 5.17. The van der Waals surface area contributed by atoms with Crippen molar-refractivity contribution in [2.24, 2.45) is 5.41 Å². The molecule has 40 heavy (non-hydrogen) atoms. The van der Waals surface area contributed by atoms with Crippen LogP contribution in [0.5, 0.6) is 5.75 Å². The molecular formula is C32H45NO7. The molecule has 0 aliphatic rings. The standard InChI is InChI=1S/C32H45NO7/c1-8-32(9-2,23-12-10-22(20(3)16-23)11-15-27(34)31(5,6)7)24-13-14-26(21(4)17-24)40-19-28(35)33-25(30(38)39)18-29(36)37/h10,12-14,16-17,25,27,34H,8-9,11,15,18-19H2,1-7H3,(H,33,35)(H,36,37)(H,38,39)/t25-,27?/m1/s1. The molecule has 0 aromatic heterocycles. The third-order valence-corrected chi connectivity index (χ3v) is 7.89. The van der Waals surface area contributed by atoms with Gasteiger partial charge in [-0.1, -0.05) is 65.0 Å². The molecule has 0 saturated heterocycles. The fourth-order valence-electron chi connectivity index (χ4n) is 5.10. The molecule has 220 valence electrons. The van der Waals surface area contributed by atoms with Gasteiger partial charge in [-0.25, -0.2) is 4.79 Å². The van der Waals surface area contributed by atoms with Crippen LogP contribution in [0.4, 0.5) is 0 Å². The molecule has 0 fully saturated rings. The summed E-state index contributed by atoms with van der Waals surface area (Å²) in [6.07, 6.45) is 2.21. The van der Waals surface area contributed by atoms with Gasteiger partial charge in [-0.3, -0.25) is 9.59 Å². The van der Waals surface area contributed by atoms with E-state index in [1.807, 2.05) is 19.1 Å². The zero-order chi connectivity index (χ0) is 30.3. The van der Waals surface area contributed by atoms with Crippen LogP contribution in [0.15, 0.2) is 36.4 Å². The van der Waals surface area contributed by atoms with Gasteiger partial charge in [0.15, 0.2) is 6.61 Å². The molecule has 0 radical (unpaired) electrons. The van der Waals surface area contributed by atoms with Crippen LogP contribution in [0, 0.1) is 19.3 Å². The summed E-state index contributed by atoms with van der Waals surface area (Å²) < 4.78 is 5.66. The van der Waals surface area contributed by atoms with Crippen LogP contribution >= 0.6 is 0 Å². The maximum atomic E-state index is 12.2. The van der Waals surface area contributed by atoms with Crippen molar-refractivity contribution in [3.8, 4) is 5.75 Å². The largest absolute Gasteiger partial charge is 0.484 e. The third kappa shape index (κ3) is 8.31. The highest BCUT2D eigenvalue weighted by molar-refractivity contribution is 5.87. The molecular weight excluding hydrogens is 510 g/mol. The predicted molar refractivity (Wildman–Crippen MR) is 155 cm³/mol. The lowest BCUT2D eigenvalue weighted by molar-refractivity contribution is -0.147. The Bertz CT molecular complexity index is 1190. The number of carboxylic acids is 2. The Hall–Kier alpha value is -3.39. The summed E-state index contributed by atoms with van der Waals surface area (Å²) >= 11 is 0. The number of benzene rings is 2. The summed E-state index contributed by atoms with van der Waals surface area (Å²) in [6.45, 7) is 14.1. The van der Waals surface area contributed by atoms with Crippen LogP contribution in [0.1, 0.15) is 88.1 Å². The number of carboxylic acid groups (broad SMARTS) is 2. The smallest absolute Gasteiger partial charge is 0.326 e. The molecule has 2 aromatic carbocycles. The summed E-state index contributed by atoms with van der Waals surface area (Å²) in [7, 11) is 0. The molecule has 0 heterocycles. The van der Waals surface area contributed by atoms with E-state index in [9.17, 15) is 19.5 Å². The molecule has 0 spiro atoms. The molecule has 0 bridgehead atoms. The Morgan fingerprint density at radius 3 is 1.98 bits per heavy atom. The number of amides is 1. The van der Waals surface area contributed by atoms with Crippen molar-refractivity contribution in [1.29, 1.82) is 0 Å². The summed E-state index contributed by atoms with van der Waals surface area (Å²) in [6, 6.07) is 11.0. The highest BCUT2D eigenvalue weighted by Crippen LogP contribution is 2.41. The highest BCUT2D eigenvalue weighted by atomic mass is 16.5. The first-order valence-corrected chi connectivity index (χ1v) is 13.9. The molecule has 8 heteroatoms. The normalized spacial score (nSPS) is 13.4. The Labute approximate surface area is 237 Å². The number of ether oxygens (including phenoxy) is 1. The van der Waals surface area contributed by atoms with E-state index in [1.54, 1.807) is 0 Å². The number of nitrogens with one attached hydrogen (secondary N) is 1. The van der Waals surface area contributed by atoms with E-state index in [1.165, 1.54) is 16.7 Å². The van der Waals surface area contributed by atoms with Crippen LogP contribution in [-0.2, 0) is 26.2 Å². The van der Waals surface area contributed by atoms with Gasteiger partial charge >= 0.3 is 11.9 Å². The van der Waals surface area contributed by atoms with Gasteiger partial charge in [0.1, 0.15) is 11.8 Å². The Kier molecular flexibility index (Phi) is 11.3. The number of aliphatic hydroxyl groups excluding tert-OH is 1. The molecule has 1 unspecified atom stereocenters. The molecule has 1 amide bonds. The van der Waals surface area contributed by atoms with E-state index < -0.39 is 36.9 Å². The number of aliphatic hydroxyl groups is 1. The second-order valence-corrected chi connectivity index (χ2v) is 11.7. The Balaban J connectivity index is 2.22. The van der Waals surface area contributed by atoms with Crippen molar-refractivity contribution in [3.63, 3.8) is 0 Å². The van der Waals surface area contributed by atoms with Crippen LogP contribution in [0.25, 0.3) is 0 Å². The molecule has 0 aliphatic heterocycles.